The molecule has 2 unspecified atom stereocenters. The third-order valence-electron chi connectivity index (χ3n) is 3.80. The van der Waals surface area contributed by atoms with E-state index in [0.29, 0.717) is 18.1 Å². The lowest BCUT2D eigenvalue weighted by atomic mass is 10.1. The van der Waals surface area contributed by atoms with Gasteiger partial charge in [0.15, 0.2) is 0 Å². The highest BCUT2D eigenvalue weighted by molar-refractivity contribution is 5.94. The Hall–Kier alpha value is -1.62. The van der Waals surface area contributed by atoms with E-state index in [9.17, 15) is 9.18 Å². The van der Waals surface area contributed by atoms with Gasteiger partial charge in [-0.25, -0.2) is 4.39 Å². The molecule has 1 aliphatic heterocycles. The van der Waals surface area contributed by atoms with Gasteiger partial charge in [-0.05, 0) is 43.4 Å². The van der Waals surface area contributed by atoms with E-state index in [0.717, 1.165) is 6.42 Å². The number of carbonyl (C=O) groups excluding carboxylic acids is 1. The van der Waals surface area contributed by atoms with Crippen molar-refractivity contribution in [2.75, 3.05) is 12.3 Å². The summed E-state index contributed by atoms with van der Waals surface area (Å²) in [6, 6.07) is 4.16. The molecule has 1 amide bonds. The Labute approximate surface area is 111 Å². The van der Waals surface area contributed by atoms with Crippen molar-refractivity contribution in [2.45, 2.75) is 31.4 Å². The van der Waals surface area contributed by atoms with Crippen molar-refractivity contribution < 1.29 is 13.9 Å². The number of rotatable bonds is 3. The maximum atomic E-state index is 13.3. The minimum Gasteiger partial charge on any atom is -0.396 e. The van der Waals surface area contributed by atoms with E-state index in [1.54, 1.807) is 0 Å². The van der Waals surface area contributed by atoms with E-state index in [2.05, 4.69) is 5.32 Å². The molecule has 1 saturated heterocycles. The van der Waals surface area contributed by atoms with Crippen LogP contribution in [-0.4, -0.2) is 24.7 Å². The molecule has 2 fully saturated rings. The second-order valence-electron chi connectivity index (χ2n) is 5.28. The predicted molar refractivity (Wildman–Crippen MR) is 69.1 cm³/mol. The summed E-state index contributed by atoms with van der Waals surface area (Å²) < 4.78 is 19.0. The van der Waals surface area contributed by atoms with E-state index in [1.165, 1.54) is 31.0 Å². The minimum absolute atomic E-state index is 0.0422. The molecule has 1 aromatic carbocycles. The Kier molecular flexibility index (Phi) is 3.14. The molecule has 3 N–H and O–H groups in total. The number of ether oxygens (including phenoxy) is 1. The molecule has 5 heteroatoms. The maximum absolute atomic E-state index is 13.3. The molecular weight excluding hydrogens is 247 g/mol. The molecule has 1 heterocycles. The Morgan fingerprint density at radius 1 is 1.37 bits per heavy atom. The SMILES string of the molecule is Nc1ccc(C(=O)NC2CCOC2C2CC2)cc1F. The summed E-state index contributed by atoms with van der Waals surface area (Å²) in [5, 5.41) is 2.94. The molecule has 1 aromatic rings. The molecule has 4 nitrogen and oxygen atoms in total. The van der Waals surface area contributed by atoms with Gasteiger partial charge in [0.2, 0.25) is 0 Å². The van der Waals surface area contributed by atoms with Crippen molar-refractivity contribution in [1.82, 2.24) is 5.32 Å². The van der Waals surface area contributed by atoms with Gasteiger partial charge >= 0.3 is 0 Å². The molecule has 102 valence electrons. The van der Waals surface area contributed by atoms with Gasteiger partial charge in [-0.15, -0.1) is 0 Å². The minimum atomic E-state index is -0.561. The first kappa shape index (κ1) is 12.4. The van der Waals surface area contributed by atoms with Gasteiger partial charge in [0, 0.05) is 12.2 Å². The lowest BCUT2D eigenvalue weighted by Gasteiger charge is -2.19. The summed E-state index contributed by atoms with van der Waals surface area (Å²) in [5.41, 5.74) is 5.75. The zero-order valence-corrected chi connectivity index (χ0v) is 10.6. The Bertz CT molecular complexity index is 502. The number of nitrogens with two attached hydrogens (primary N) is 1. The topological polar surface area (TPSA) is 64.4 Å². The first-order valence-electron chi connectivity index (χ1n) is 6.62. The largest absolute Gasteiger partial charge is 0.396 e. The normalized spacial score (nSPS) is 26.4. The van der Waals surface area contributed by atoms with Gasteiger partial charge in [-0.3, -0.25) is 4.79 Å². The number of benzene rings is 1. The highest BCUT2D eigenvalue weighted by Gasteiger charge is 2.41. The molecule has 19 heavy (non-hydrogen) atoms. The van der Waals surface area contributed by atoms with E-state index in [-0.39, 0.29) is 23.7 Å². The summed E-state index contributed by atoms with van der Waals surface area (Å²) in [6.07, 6.45) is 3.30. The quantitative estimate of drug-likeness (QED) is 0.817. The first-order chi connectivity index (χ1) is 9.15. The van der Waals surface area contributed by atoms with Crippen molar-refractivity contribution in [2.24, 2.45) is 5.92 Å². The molecule has 1 saturated carbocycles. The average Bonchev–Trinajstić information content (AvgIpc) is 3.13. The van der Waals surface area contributed by atoms with Crippen molar-refractivity contribution in [1.29, 1.82) is 0 Å². The van der Waals surface area contributed by atoms with E-state index >= 15 is 0 Å². The fourth-order valence-electron chi connectivity index (χ4n) is 2.58. The van der Waals surface area contributed by atoms with E-state index in [4.69, 9.17) is 10.5 Å². The standard InChI is InChI=1S/C14H17FN2O2/c15-10-7-9(3-4-11(10)16)14(18)17-12-5-6-19-13(12)8-1-2-8/h3-4,7-8,12-13H,1-2,5-6,16H2,(H,17,18). The van der Waals surface area contributed by atoms with Crippen LogP contribution in [0.25, 0.3) is 0 Å². The van der Waals surface area contributed by atoms with Crippen LogP contribution in [0.1, 0.15) is 29.6 Å². The van der Waals surface area contributed by atoms with Crippen molar-refractivity contribution in [3.05, 3.63) is 29.6 Å². The van der Waals surface area contributed by atoms with Crippen LogP contribution < -0.4 is 11.1 Å². The second kappa shape index (κ2) is 4.81. The molecule has 1 aliphatic carbocycles. The number of nitrogen functional groups attached to an aromatic ring is 1. The van der Waals surface area contributed by atoms with E-state index in [1.807, 2.05) is 0 Å². The molecule has 3 rings (SSSR count). The Balaban J connectivity index is 1.68. The van der Waals surface area contributed by atoms with Crippen molar-refractivity contribution >= 4 is 11.6 Å². The van der Waals surface area contributed by atoms with Gasteiger partial charge in [0.25, 0.3) is 5.91 Å². The third-order valence-corrected chi connectivity index (χ3v) is 3.80. The molecule has 2 atom stereocenters. The van der Waals surface area contributed by atoms with Crippen LogP contribution in [-0.2, 0) is 4.74 Å². The molecule has 0 bridgehead atoms. The van der Waals surface area contributed by atoms with Gasteiger partial charge in [0.05, 0.1) is 17.8 Å². The van der Waals surface area contributed by atoms with Gasteiger partial charge in [-0.2, -0.15) is 0 Å². The molecule has 0 aromatic heterocycles. The van der Waals surface area contributed by atoms with E-state index < -0.39 is 5.82 Å². The highest BCUT2D eigenvalue weighted by atomic mass is 19.1. The molecule has 2 aliphatic rings. The van der Waals surface area contributed by atoms with Crippen LogP contribution in [0.4, 0.5) is 10.1 Å². The van der Waals surface area contributed by atoms with Crippen molar-refractivity contribution in [3.8, 4) is 0 Å². The smallest absolute Gasteiger partial charge is 0.251 e. The van der Waals surface area contributed by atoms with Crippen LogP contribution in [0, 0.1) is 11.7 Å². The molecule has 0 radical (unpaired) electrons. The Morgan fingerprint density at radius 3 is 2.84 bits per heavy atom. The summed E-state index contributed by atoms with van der Waals surface area (Å²) >= 11 is 0. The van der Waals surface area contributed by atoms with Crippen LogP contribution in [0.5, 0.6) is 0 Å². The number of halogens is 1. The fraction of sp³-hybridized carbons (Fsp3) is 0.500. The monoisotopic (exact) mass is 264 g/mol. The van der Waals surface area contributed by atoms with Gasteiger partial charge in [-0.1, -0.05) is 0 Å². The van der Waals surface area contributed by atoms with Crippen LogP contribution >= 0.6 is 0 Å². The maximum Gasteiger partial charge on any atom is 0.251 e. The predicted octanol–water partition coefficient (Wildman–Crippen LogP) is 1.71. The first-order valence-corrected chi connectivity index (χ1v) is 6.62. The second-order valence-corrected chi connectivity index (χ2v) is 5.28. The lowest BCUT2D eigenvalue weighted by molar-refractivity contribution is 0.0729. The van der Waals surface area contributed by atoms with Gasteiger partial charge < -0.3 is 15.8 Å². The van der Waals surface area contributed by atoms with Crippen LogP contribution in [0.3, 0.4) is 0 Å². The number of carbonyl (C=O) groups is 1. The van der Waals surface area contributed by atoms with Crippen molar-refractivity contribution in [3.63, 3.8) is 0 Å². The highest BCUT2D eigenvalue weighted by Crippen LogP contribution is 2.38. The number of amides is 1. The van der Waals surface area contributed by atoms with Gasteiger partial charge in [0.1, 0.15) is 5.82 Å². The zero-order valence-electron chi connectivity index (χ0n) is 10.6. The number of hydrogen-bond donors (Lipinski definition) is 2. The lowest BCUT2D eigenvalue weighted by Crippen LogP contribution is -2.41. The fourth-order valence-corrected chi connectivity index (χ4v) is 2.58. The third kappa shape index (κ3) is 2.56. The summed E-state index contributed by atoms with van der Waals surface area (Å²) in [7, 11) is 0. The zero-order chi connectivity index (χ0) is 13.4. The number of hydrogen-bond acceptors (Lipinski definition) is 3. The summed E-state index contributed by atoms with van der Waals surface area (Å²) in [4.78, 5) is 12.1. The summed E-state index contributed by atoms with van der Waals surface area (Å²) in [6.45, 7) is 0.683. The Morgan fingerprint density at radius 2 is 2.16 bits per heavy atom. The number of nitrogens with one attached hydrogen (secondary N) is 1. The molecule has 0 spiro atoms. The average molecular weight is 264 g/mol. The number of anilines is 1. The van der Waals surface area contributed by atoms with Crippen LogP contribution in [0.2, 0.25) is 0 Å². The summed E-state index contributed by atoms with van der Waals surface area (Å²) in [5.74, 6) is -0.245. The van der Waals surface area contributed by atoms with Crippen LogP contribution in [0.15, 0.2) is 18.2 Å². The molecular formula is C14H17FN2O2.